The molecule has 0 fully saturated rings. The Bertz CT molecular complexity index is 477. The van der Waals surface area contributed by atoms with Crippen LogP contribution in [0.25, 0.3) is 0 Å². The molecular weight excluding hydrogens is 341 g/mol. The van der Waals surface area contributed by atoms with Crippen molar-refractivity contribution >= 4 is 0 Å². The standard InChI is InChI=1S/2C10H13.Ru/c2*1-8(2)10-6-4-5-9(3)7-10;/h2*4-5,7-8H,1-3H3;/q2*-1;+2. The van der Waals surface area contributed by atoms with E-state index in [1.54, 1.807) is 0 Å². The molecule has 0 unspecified atom stereocenters. The van der Waals surface area contributed by atoms with Crippen LogP contribution in [0, 0.1) is 26.0 Å². The molecule has 114 valence electrons. The molecule has 0 N–H and O–H groups in total. The van der Waals surface area contributed by atoms with Crippen LogP contribution in [0.3, 0.4) is 0 Å². The van der Waals surface area contributed by atoms with E-state index in [0.717, 1.165) is 0 Å². The third-order valence-corrected chi connectivity index (χ3v) is 3.20. The molecule has 0 aliphatic carbocycles. The maximum Gasteiger partial charge on any atom is 2.00 e. The second-order valence-corrected chi connectivity index (χ2v) is 5.95. The first kappa shape index (κ1) is 20.1. The van der Waals surface area contributed by atoms with Gasteiger partial charge in [-0.2, -0.15) is 70.8 Å². The smallest absolute Gasteiger partial charge is 0.180 e. The summed E-state index contributed by atoms with van der Waals surface area (Å²) in [5.41, 5.74) is 5.25. The maximum absolute atomic E-state index is 3.21. The van der Waals surface area contributed by atoms with Crippen molar-refractivity contribution in [3.8, 4) is 0 Å². The van der Waals surface area contributed by atoms with Crippen LogP contribution in [0.2, 0.25) is 0 Å². The van der Waals surface area contributed by atoms with Gasteiger partial charge in [-0.1, -0.05) is 41.5 Å². The molecule has 0 aliphatic rings. The van der Waals surface area contributed by atoms with E-state index in [0.29, 0.717) is 11.8 Å². The third kappa shape index (κ3) is 7.58. The van der Waals surface area contributed by atoms with E-state index < -0.39 is 0 Å². The van der Waals surface area contributed by atoms with E-state index in [1.165, 1.54) is 22.3 Å². The largest absolute Gasteiger partial charge is 2.00 e. The second-order valence-electron chi connectivity index (χ2n) is 5.95. The van der Waals surface area contributed by atoms with Crippen LogP contribution in [-0.4, -0.2) is 0 Å². The maximum atomic E-state index is 3.21. The predicted octanol–water partition coefficient (Wildman–Crippen LogP) is 5.83. The Balaban J connectivity index is 0.000000364. The van der Waals surface area contributed by atoms with E-state index in [-0.39, 0.29) is 19.5 Å². The Labute approximate surface area is 143 Å². The average molecular weight is 367 g/mol. The normalized spacial score (nSPS) is 9.90. The molecule has 0 saturated heterocycles. The molecule has 21 heavy (non-hydrogen) atoms. The van der Waals surface area contributed by atoms with Gasteiger partial charge in [-0.05, 0) is 11.8 Å². The number of hydrogen-bond donors (Lipinski definition) is 0. The summed E-state index contributed by atoms with van der Waals surface area (Å²) in [6.07, 6.45) is 0. The molecule has 0 aliphatic heterocycles. The van der Waals surface area contributed by atoms with Crippen LogP contribution in [0.5, 0.6) is 0 Å². The van der Waals surface area contributed by atoms with Crippen LogP contribution < -0.4 is 0 Å². The molecule has 0 atom stereocenters. The molecular formula is C20H26Ru. The van der Waals surface area contributed by atoms with Gasteiger partial charge in [0.15, 0.2) is 0 Å². The fraction of sp³-hybridized carbons (Fsp3) is 0.400. The van der Waals surface area contributed by atoms with Crippen molar-refractivity contribution in [2.45, 2.75) is 53.4 Å². The minimum atomic E-state index is 0. The quantitative estimate of drug-likeness (QED) is 0.462. The molecule has 0 spiro atoms. The van der Waals surface area contributed by atoms with Crippen molar-refractivity contribution in [1.29, 1.82) is 0 Å². The summed E-state index contributed by atoms with van der Waals surface area (Å²) >= 11 is 0. The first-order chi connectivity index (χ1) is 9.40. The van der Waals surface area contributed by atoms with Crippen LogP contribution >= 0.6 is 0 Å². The first-order valence-electron chi connectivity index (χ1n) is 7.36. The number of aryl methyl sites for hydroxylation is 2. The molecule has 2 aromatic carbocycles. The van der Waals surface area contributed by atoms with Gasteiger partial charge in [-0.3, -0.25) is 0 Å². The molecule has 2 rings (SSSR count). The van der Waals surface area contributed by atoms with E-state index >= 15 is 0 Å². The molecule has 0 saturated carbocycles. The molecule has 0 aromatic heterocycles. The van der Waals surface area contributed by atoms with Crippen LogP contribution in [0.4, 0.5) is 0 Å². The number of benzene rings is 2. The summed E-state index contributed by atoms with van der Waals surface area (Å²) in [7, 11) is 0. The summed E-state index contributed by atoms with van der Waals surface area (Å²) < 4.78 is 0. The van der Waals surface area contributed by atoms with E-state index in [1.807, 2.05) is 12.1 Å². The Kier molecular flexibility index (Phi) is 9.46. The van der Waals surface area contributed by atoms with E-state index in [4.69, 9.17) is 0 Å². The zero-order valence-corrected chi connectivity index (χ0v) is 15.7. The Morgan fingerprint density at radius 3 is 1.24 bits per heavy atom. The Morgan fingerprint density at radius 1 is 0.714 bits per heavy atom. The van der Waals surface area contributed by atoms with Crippen LogP contribution in [-0.2, 0) is 19.5 Å². The third-order valence-electron chi connectivity index (χ3n) is 3.20. The Hall–Kier alpha value is -0.937. The monoisotopic (exact) mass is 368 g/mol. The number of rotatable bonds is 2. The van der Waals surface area contributed by atoms with Gasteiger partial charge in [0.2, 0.25) is 0 Å². The molecule has 2 aromatic rings. The first-order valence-corrected chi connectivity index (χ1v) is 7.36. The molecule has 0 radical (unpaired) electrons. The SMILES string of the molecule is Cc1cc[c-]c(C(C)C)c1.Cc1cc[c-]c(C(C)C)c1.[Ru+2]. The van der Waals surface area contributed by atoms with E-state index in [2.05, 4.69) is 77.9 Å². The van der Waals surface area contributed by atoms with Gasteiger partial charge >= 0.3 is 19.5 Å². The molecule has 0 bridgehead atoms. The van der Waals surface area contributed by atoms with Crippen LogP contribution in [0.15, 0.2) is 36.4 Å². The van der Waals surface area contributed by atoms with Gasteiger partial charge in [0.05, 0.1) is 0 Å². The van der Waals surface area contributed by atoms with Crippen LogP contribution in [0.1, 0.15) is 61.8 Å². The molecule has 0 amide bonds. The van der Waals surface area contributed by atoms with E-state index in [9.17, 15) is 0 Å². The minimum Gasteiger partial charge on any atom is -0.180 e. The zero-order chi connectivity index (χ0) is 15.1. The zero-order valence-electron chi connectivity index (χ0n) is 14.0. The average Bonchev–Trinajstić information content (AvgIpc) is 2.39. The van der Waals surface area contributed by atoms with Gasteiger partial charge in [-0.15, -0.1) is 0 Å². The van der Waals surface area contributed by atoms with Gasteiger partial charge in [-0.25, -0.2) is 0 Å². The Morgan fingerprint density at radius 2 is 1.05 bits per heavy atom. The summed E-state index contributed by atoms with van der Waals surface area (Å²) in [4.78, 5) is 0. The van der Waals surface area contributed by atoms with Crippen molar-refractivity contribution in [1.82, 2.24) is 0 Å². The van der Waals surface area contributed by atoms with Crippen molar-refractivity contribution in [2.24, 2.45) is 0 Å². The summed E-state index contributed by atoms with van der Waals surface area (Å²) in [5.74, 6) is 1.19. The minimum absolute atomic E-state index is 0. The van der Waals surface area contributed by atoms with Gasteiger partial charge in [0.1, 0.15) is 0 Å². The van der Waals surface area contributed by atoms with Gasteiger partial charge in [0, 0.05) is 0 Å². The molecule has 1 heteroatoms. The van der Waals surface area contributed by atoms with Crippen molar-refractivity contribution < 1.29 is 19.5 Å². The fourth-order valence-corrected chi connectivity index (χ4v) is 1.88. The second kappa shape index (κ2) is 9.90. The van der Waals surface area contributed by atoms with Crippen molar-refractivity contribution in [3.63, 3.8) is 0 Å². The number of hydrogen-bond acceptors (Lipinski definition) is 0. The van der Waals surface area contributed by atoms with Gasteiger partial charge < -0.3 is 0 Å². The fourth-order valence-electron chi connectivity index (χ4n) is 1.88. The summed E-state index contributed by atoms with van der Waals surface area (Å²) in [6, 6.07) is 18.9. The van der Waals surface area contributed by atoms with Crippen molar-refractivity contribution in [2.75, 3.05) is 0 Å². The summed E-state index contributed by atoms with van der Waals surface area (Å²) in [5, 5.41) is 0. The molecule has 0 nitrogen and oxygen atoms in total. The predicted molar refractivity (Wildman–Crippen MR) is 88.2 cm³/mol. The summed E-state index contributed by atoms with van der Waals surface area (Å²) in [6.45, 7) is 13.0. The van der Waals surface area contributed by atoms with Crippen molar-refractivity contribution in [3.05, 3.63) is 70.8 Å². The molecule has 0 heterocycles. The topological polar surface area (TPSA) is 0 Å². The van der Waals surface area contributed by atoms with Gasteiger partial charge in [0.25, 0.3) is 0 Å².